The molecule has 0 saturated carbocycles. The SMILES string of the molecule is CCC/C=C(\CC)C(=NC)C(C)=NC. The number of hydrogen-bond donors (Lipinski definition) is 0. The summed E-state index contributed by atoms with van der Waals surface area (Å²) in [5, 5.41) is 0. The Balaban J connectivity index is 4.81. The lowest BCUT2D eigenvalue weighted by Gasteiger charge is -2.07. The maximum atomic E-state index is 4.30. The van der Waals surface area contributed by atoms with Crippen LogP contribution in [-0.2, 0) is 0 Å². The number of rotatable bonds is 5. The Morgan fingerprint density at radius 1 is 1.14 bits per heavy atom. The number of allylic oxidation sites excluding steroid dienone is 2. The van der Waals surface area contributed by atoms with Gasteiger partial charge in [-0.3, -0.25) is 9.98 Å². The van der Waals surface area contributed by atoms with Gasteiger partial charge in [-0.1, -0.05) is 26.3 Å². The lowest BCUT2D eigenvalue weighted by Crippen LogP contribution is -2.13. The minimum absolute atomic E-state index is 1.02. The van der Waals surface area contributed by atoms with E-state index in [0.717, 1.165) is 24.3 Å². The third-order valence-corrected chi connectivity index (χ3v) is 2.27. The van der Waals surface area contributed by atoms with Crippen LogP contribution in [0.1, 0.15) is 40.0 Å². The van der Waals surface area contributed by atoms with Crippen LogP contribution in [0.5, 0.6) is 0 Å². The van der Waals surface area contributed by atoms with Gasteiger partial charge >= 0.3 is 0 Å². The van der Waals surface area contributed by atoms with Crippen LogP contribution < -0.4 is 0 Å². The molecule has 0 spiro atoms. The van der Waals surface area contributed by atoms with E-state index >= 15 is 0 Å². The molecule has 2 nitrogen and oxygen atoms in total. The molecule has 0 bridgehead atoms. The molecule has 0 aliphatic rings. The second-order valence-corrected chi connectivity index (χ2v) is 3.25. The molecule has 0 aromatic heterocycles. The fraction of sp³-hybridized carbons (Fsp3) is 0.667. The third-order valence-electron chi connectivity index (χ3n) is 2.27. The molecular formula is C12H22N2. The Kier molecular flexibility index (Phi) is 6.99. The summed E-state index contributed by atoms with van der Waals surface area (Å²) in [7, 11) is 3.65. The predicted octanol–water partition coefficient (Wildman–Crippen LogP) is 3.28. The van der Waals surface area contributed by atoms with Crippen LogP contribution in [-0.4, -0.2) is 25.5 Å². The van der Waals surface area contributed by atoms with Gasteiger partial charge in [-0.05, 0) is 25.3 Å². The highest BCUT2D eigenvalue weighted by atomic mass is 14.8. The second kappa shape index (κ2) is 7.48. The van der Waals surface area contributed by atoms with Crippen molar-refractivity contribution in [2.75, 3.05) is 14.1 Å². The molecule has 0 fully saturated rings. The smallest absolute Gasteiger partial charge is 0.0806 e. The largest absolute Gasteiger partial charge is 0.291 e. The fourth-order valence-corrected chi connectivity index (χ4v) is 1.37. The van der Waals surface area contributed by atoms with E-state index in [1.54, 1.807) is 0 Å². The van der Waals surface area contributed by atoms with Crippen LogP contribution in [0.4, 0.5) is 0 Å². The maximum Gasteiger partial charge on any atom is 0.0806 e. The zero-order valence-electron chi connectivity index (χ0n) is 10.1. The molecule has 0 heterocycles. The van der Waals surface area contributed by atoms with Gasteiger partial charge in [-0.15, -0.1) is 0 Å². The van der Waals surface area contributed by atoms with Gasteiger partial charge in [-0.2, -0.15) is 0 Å². The second-order valence-electron chi connectivity index (χ2n) is 3.25. The van der Waals surface area contributed by atoms with Crippen molar-refractivity contribution in [3.8, 4) is 0 Å². The first-order valence-electron chi connectivity index (χ1n) is 5.31. The number of unbranched alkanes of at least 4 members (excludes halogenated alkanes) is 1. The summed E-state index contributed by atoms with van der Waals surface area (Å²) in [5.41, 5.74) is 3.40. The van der Waals surface area contributed by atoms with Gasteiger partial charge in [0.15, 0.2) is 0 Å². The van der Waals surface area contributed by atoms with E-state index in [0.29, 0.717) is 0 Å². The van der Waals surface area contributed by atoms with Crippen molar-refractivity contribution in [3.05, 3.63) is 11.6 Å². The van der Waals surface area contributed by atoms with Crippen molar-refractivity contribution in [1.29, 1.82) is 0 Å². The predicted molar refractivity (Wildman–Crippen MR) is 65.7 cm³/mol. The van der Waals surface area contributed by atoms with Crippen LogP contribution in [0.3, 0.4) is 0 Å². The van der Waals surface area contributed by atoms with Crippen LogP contribution in [0.25, 0.3) is 0 Å². The van der Waals surface area contributed by atoms with Gasteiger partial charge < -0.3 is 0 Å². The number of hydrogen-bond acceptors (Lipinski definition) is 2. The van der Waals surface area contributed by atoms with Gasteiger partial charge in [0, 0.05) is 14.1 Å². The molecule has 0 rings (SSSR count). The first kappa shape index (κ1) is 13.1. The molecule has 0 aromatic rings. The standard InChI is InChI=1S/C12H22N2/c1-6-8-9-11(7-2)12(14-5)10(3)13-4/h9H,6-8H2,1-5H3/b11-9+,13-10?,14-12?. The molecule has 0 radical (unpaired) electrons. The zero-order chi connectivity index (χ0) is 11.0. The Morgan fingerprint density at radius 3 is 2.14 bits per heavy atom. The van der Waals surface area contributed by atoms with Crippen molar-refractivity contribution in [1.82, 2.24) is 0 Å². The average Bonchev–Trinajstić information content (AvgIpc) is 2.23. The minimum Gasteiger partial charge on any atom is -0.291 e. The molecule has 0 atom stereocenters. The summed E-state index contributed by atoms with van der Waals surface area (Å²) in [6, 6.07) is 0. The number of nitrogens with zero attached hydrogens (tertiary/aromatic N) is 2. The summed E-state index contributed by atoms with van der Waals surface area (Å²) < 4.78 is 0. The summed E-state index contributed by atoms with van der Waals surface area (Å²) in [5.74, 6) is 0. The highest BCUT2D eigenvalue weighted by Gasteiger charge is 2.06. The summed E-state index contributed by atoms with van der Waals surface area (Å²) in [6.45, 7) is 6.36. The monoisotopic (exact) mass is 194 g/mol. The summed E-state index contributed by atoms with van der Waals surface area (Å²) >= 11 is 0. The fourth-order valence-electron chi connectivity index (χ4n) is 1.37. The highest BCUT2D eigenvalue weighted by molar-refractivity contribution is 6.47. The molecule has 0 unspecified atom stereocenters. The molecule has 0 aliphatic carbocycles. The molecular weight excluding hydrogens is 172 g/mol. The van der Waals surface area contributed by atoms with Gasteiger partial charge in [0.25, 0.3) is 0 Å². The van der Waals surface area contributed by atoms with E-state index in [4.69, 9.17) is 0 Å². The quantitative estimate of drug-likeness (QED) is 0.600. The minimum atomic E-state index is 1.02. The van der Waals surface area contributed by atoms with Crippen molar-refractivity contribution < 1.29 is 0 Å². The molecule has 0 amide bonds. The van der Waals surface area contributed by atoms with Crippen LogP contribution in [0.2, 0.25) is 0 Å². The Morgan fingerprint density at radius 2 is 1.79 bits per heavy atom. The van der Waals surface area contributed by atoms with Gasteiger partial charge in [0.1, 0.15) is 0 Å². The van der Waals surface area contributed by atoms with E-state index in [9.17, 15) is 0 Å². The first-order chi connectivity index (χ1) is 6.71. The van der Waals surface area contributed by atoms with Gasteiger partial charge in [-0.25, -0.2) is 0 Å². The van der Waals surface area contributed by atoms with E-state index in [1.165, 1.54) is 12.0 Å². The summed E-state index contributed by atoms with van der Waals surface area (Å²) in [6.07, 6.45) is 5.61. The molecule has 80 valence electrons. The number of aliphatic imine (C=N–C) groups is 2. The normalized spacial score (nSPS) is 14.8. The van der Waals surface area contributed by atoms with Crippen molar-refractivity contribution in [2.24, 2.45) is 9.98 Å². The average molecular weight is 194 g/mol. The maximum absolute atomic E-state index is 4.30. The molecule has 0 aliphatic heterocycles. The molecule has 2 heteroatoms. The van der Waals surface area contributed by atoms with Gasteiger partial charge in [0.05, 0.1) is 11.4 Å². The topological polar surface area (TPSA) is 24.7 Å². The first-order valence-corrected chi connectivity index (χ1v) is 5.31. The van der Waals surface area contributed by atoms with E-state index in [2.05, 4.69) is 29.9 Å². The summed E-state index contributed by atoms with van der Waals surface area (Å²) in [4.78, 5) is 8.48. The Hall–Kier alpha value is -0.920. The highest BCUT2D eigenvalue weighted by Crippen LogP contribution is 2.08. The van der Waals surface area contributed by atoms with Crippen LogP contribution >= 0.6 is 0 Å². The lowest BCUT2D eigenvalue weighted by molar-refractivity contribution is 0.945. The zero-order valence-corrected chi connectivity index (χ0v) is 10.1. The van der Waals surface area contributed by atoms with Crippen LogP contribution in [0, 0.1) is 0 Å². The van der Waals surface area contributed by atoms with E-state index in [1.807, 2.05) is 21.0 Å². The molecule has 14 heavy (non-hydrogen) atoms. The van der Waals surface area contributed by atoms with E-state index in [-0.39, 0.29) is 0 Å². The van der Waals surface area contributed by atoms with Crippen molar-refractivity contribution in [2.45, 2.75) is 40.0 Å². The Labute approximate surface area is 87.9 Å². The molecule has 0 N–H and O–H groups in total. The van der Waals surface area contributed by atoms with Crippen molar-refractivity contribution in [3.63, 3.8) is 0 Å². The van der Waals surface area contributed by atoms with E-state index < -0.39 is 0 Å². The lowest BCUT2D eigenvalue weighted by atomic mass is 10.0. The molecule has 0 saturated heterocycles. The van der Waals surface area contributed by atoms with Gasteiger partial charge in [0.2, 0.25) is 0 Å². The Bertz CT molecular complexity index is 247. The van der Waals surface area contributed by atoms with Crippen LogP contribution in [0.15, 0.2) is 21.6 Å². The molecule has 0 aromatic carbocycles. The third kappa shape index (κ3) is 3.86. The van der Waals surface area contributed by atoms with Crippen molar-refractivity contribution >= 4 is 11.4 Å².